The molecule has 0 saturated heterocycles. The molecule has 0 aliphatic heterocycles. The second-order valence-electron chi connectivity index (χ2n) is 4.49. The monoisotopic (exact) mass is 256 g/mol. The lowest BCUT2D eigenvalue weighted by Gasteiger charge is -2.11. The zero-order valence-corrected chi connectivity index (χ0v) is 10.9. The summed E-state index contributed by atoms with van der Waals surface area (Å²) >= 11 is 0. The quantitative estimate of drug-likeness (QED) is 0.723. The van der Waals surface area contributed by atoms with Gasteiger partial charge in [0, 0.05) is 11.4 Å². The highest BCUT2D eigenvalue weighted by Crippen LogP contribution is 2.24. The number of hydrogen-bond donors (Lipinski definition) is 3. The average molecular weight is 256 g/mol. The topological polar surface area (TPSA) is 75.3 Å². The number of benzene rings is 2. The molecule has 1 amide bonds. The van der Waals surface area contributed by atoms with E-state index < -0.39 is 0 Å². The second-order valence-corrected chi connectivity index (χ2v) is 4.49. The third-order valence-corrected chi connectivity index (χ3v) is 3.01. The van der Waals surface area contributed by atoms with Gasteiger partial charge in [-0.2, -0.15) is 0 Å². The molecule has 2 rings (SSSR count). The van der Waals surface area contributed by atoms with Crippen LogP contribution in [0.5, 0.6) is 5.75 Å². The number of nitrogen functional groups attached to an aromatic ring is 1. The van der Waals surface area contributed by atoms with Gasteiger partial charge in [0.25, 0.3) is 5.91 Å². The highest BCUT2D eigenvalue weighted by atomic mass is 16.3. The van der Waals surface area contributed by atoms with Gasteiger partial charge in [-0.05, 0) is 43.2 Å². The van der Waals surface area contributed by atoms with Crippen LogP contribution in [0.15, 0.2) is 36.4 Å². The molecule has 0 fully saturated rings. The van der Waals surface area contributed by atoms with Gasteiger partial charge in [-0.15, -0.1) is 0 Å². The summed E-state index contributed by atoms with van der Waals surface area (Å²) in [5.41, 5.74) is 9.24. The first kappa shape index (κ1) is 13.0. The van der Waals surface area contributed by atoms with E-state index in [1.165, 1.54) is 6.07 Å². The van der Waals surface area contributed by atoms with Crippen molar-refractivity contribution in [3.63, 3.8) is 0 Å². The van der Waals surface area contributed by atoms with E-state index in [9.17, 15) is 9.90 Å². The van der Waals surface area contributed by atoms with Gasteiger partial charge >= 0.3 is 0 Å². The first-order chi connectivity index (χ1) is 8.99. The van der Waals surface area contributed by atoms with E-state index in [2.05, 4.69) is 5.32 Å². The maximum absolute atomic E-state index is 12.1. The SMILES string of the molecule is Cc1cc(C)c(NC(=O)c2ccccc2O)cc1N. The molecule has 2 aromatic rings. The van der Waals surface area contributed by atoms with E-state index in [0.29, 0.717) is 11.4 Å². The lowest BCUT2D eigenvalue weighted by Crippen LogP contribution is -2.13. The van der Waals surface area contributed by atoms with Crippen LogP contribution in [0.3, 0.4) is 0 Å². The summed E-state index contributed by atoms with van der Waals surface area (Å²) in [7, 11) is 0. The summed E-state index contributed by atoms with van der Waals surface area (Å²) in [6.07, 6.45) is 0. The predicted molar refractivity (Wildman–Crippen MR) is 76.4 cm³/mol. The lowest BCUT2D eigenvalue weighted by atomic mass is 10.1. The lowest BCUT2D eigenvalue weighted by molar-refractivity contribution is 0.102. The Labute approximate surface area is 111 Å². The molecule has 0 spiro atoms. The molecule has 0 atom stereocenters. The van der Waals surface area contributed by atoms with Crippen molar-refractivity contribution in [2.45, 2.75) is 13.8 Å². The van der Waals surface area contributed by atoms with Crippen LogP contribution < -0.4 is 11.1 Å². The van der Waals surface area contributed by atoms with Crippen molar-refractivity contribution in [3.05, 3.63) is 53.1 Å². The van der Waals surface area contributed by atoms with E-state index >= 15 is 0 Å². The van der Waals surface area contributed by atoms with Gasteiger partial charge in [0.2, 0.25) is 0 Å². The molecule has 0 aliphatic rings. The molecule has 4 heteroatoms. The number of nitrogens with two attached hydrogens (primary N) is 1. The highest BCUT2D eigenvalue weighted by Gasteiger charge is 2.12. The van der Waals surface area contributed by atoms with E-state index in [0.717, 1.165) is 11.1 Å². The smallest absolute Gasteiger partial charge is 0.259 e. The molecule has 0 bridgehead atoms. The molecular weight excluding hydrogens is 240 g/mol. The minimum Gasteiger partial charge on any atom is -0.507 e. The normalized spacial score (nSPS) is 10.2. The Morgan fingerprint density at radius 3 is 2.53 bits per heavy atom. The number of anilines is 2. The van der Waals surface area contributed by atoms with Gasteiger partial charge in [-0.1, -0.05) is 18.2 Å². The van der Waals surface area contributed by atoms with Crippen molar-refractivity contribution >= 4 is 17.3 Å². The Morgan fingerprint density at radius 1 is 1.16 bits per heavy atom. The summed E-state index contributed by atoms with van der Waals surface area (Å²) in [6, 6.07) is 10.0. The van der Waals surface area contributed by atoms with Crippen molar-refractivity contribution in [2.75, 3.05) is 11.1 Å². The molecule has 0 unspecified atom stereocenters. The number of aryl methyl sites for hydroxylation is 2. The Bertz CT molecular complexity index is 636. The number of rotatable bonds is 2. The fourth-order valence-electron chi connectivity index (χ4n) is 1.86. The van der Waals surface area contributed by atoms with E-state index in [4.69, 9.17) is 5.73 Å². The van der Waals surface area contributed by atoms with Crippen LogP contribution >= 0.6 is 0 Å². The fourth-order valence-corrected chi connectivity index (χ4v) is 1.86. The van der Waals surface area contributed by atoms with Gasteiger partial charge in [0.05, 0.1) is 5.56 Å². The third-order valence-electron chi connectivity index (χ3n) is 3.01. The number of aromatic hydroxyl groups is 1. The molecule has 98 valence electrons. The summed E-state index contributed by atoms with van der Waals surface area (Å²) in [4.78, 5) is 12.1. The Morgan fingerprint density at radius 2 is 1.84 bits per heavy atom. The molecular formula is C15H16N2O2. The van der Waals surface area contributed by atoms with E-state index in [-0.39, 0.29) is 17.2 Å². The average Bonchev–Trinajstić information content (AvgIpc) is 2.36. The van der Waals surface area contributed by atoms with Gasteiger partial charge in [-0.25, -0.2) is 0 Å². The van der Waals surface area contributed by atoms with Crippen LogP contribution in [0.2, 0.25) is 0 Å². The molecule has 0 aromatic heterocycles. The van der Waals surface area contributed by atoms with Crippen LogP contribution in [-0.4, -0.2) is 11.0 Å². The van der Waals surface area contributed by atoms with Gasteiger partial charge in [0.1, 0.15) is 5.75 Å². The number of carbonyl (C=O) groups is 1. The number of carbonyl (C=O) groups excluding carboxylic acids is 1. The minimum absolute atomic E-state index is 0.0438. The first-order valence-electron chi connectivity index (χ1n) is 5.95. The predicted octanol–water partition coefficient (Wildman–Crippen LogP) is 2.84. The summed E-state index contributed by atoms with van der Waals surface area (Å²) in [5, 5.41) is 12.4. The van der Waals surface area contributed by atoms with Gasteiger partial charge in [-0.3, -0.25) is 4.79 Å². The van der Waals surface area contributed by atoms with Crippen LogP contribution in [0.4, 0.5) is 11.4 Å². The largest absolute Gasteiger partial charge is 0.507 e. The number of phenols is 1. The molecule has 2 aromatic carbocycles. The molecule has 0 aliphatic carbocycles. The van der Waals surface area contributed by atoms with Crippen molar-refractivity contribution in [1.82, 2.24) is 0 Å². The summed E-state index contributed by atoms with van der Waals surface area (Å²) < 4.78 is 0. The molecule has 4 nitrogen and oxygen atoms in total. The summed E-state index contributed by atoms with van der Waals surface area (Å²) in [5.74, 6) is -0.401. The fraction of sp³-hybridized carbons (Fsp3) is 0.133. The summed E-state index contributed by atoms with van der Waals surface area (Å²) in [6.45, 7) is 3.81. The van der Waals surface area contributed by atoms with Crippen LogP contribution in [0.25, 0.3) is 0 Å². The zero-order valence-electron chi connectivity index (χ0n) is 10.9. The molecule has 0 heterocycles. The number of amides is 1. The zero-order chi connectivity index (χ0) is 14.0. The standard InChI is InChI=1S/C15H16N2O2/c1-9-7-10(2)13(8-12(9)16)17-15(19)11-5-3-4-6-14(11)18/h3-8,18H,16H2,1-2H3,(H,17,19). The Balaban J connectivity index is 2.30. The van der Waals surface area contributed by atoms with Crippen molar-refractivity contribution in [1.29, 1.82) is 0 Å². The van der Waals surface area contributed by atoms with Crippen LogP contribution in [0.1, 0.15) is 21.5 Å². The van der Waals surface area contributed by atoms with Gasteiger partial charge < -0.3 is 16.2 Å². The molecule has 0 saturated carbocycles. The van der Waals surface area contributed by atoms with Crippen molar-refractivity contribution < 1.29 is 9.90 Å². The maximum atomic E-state index is 12.1. The highest BCUT2D eigenvalue weighted by molar-refractivity contribution is 6.06. The third kappa shape index (κ3) is 2.68. The Hall–Kier alpha value is -2.49. The van der Waals surface area contributed by atoms with Gasteiger partial charge in [0.15, 0.2) is 0 Å². The van der Waals surface area contributed by atoms with Crippen LogP contribution in [0, 0.1) is 13.8 Å². The van der Waals surface area contributed by atoms with Crippen molar-refractivity contribution in [2.24, 2.45) is 0 Å². The molecule has 4 N–H and O–H groups in total. The second kappa shape index (κ2) is 5.02. The number of para-hydroxylation sites is 1. The first-order valence-corrected chi connectivity index (χ1v) is 5.95. The van der Waals surface area contributed by atoms with Crippen LogP contribution in [-0.2, 0) is 0 Å². The van der Waals surface area contributed by atoms with E-state index in [1.807, 2.05) is 19.9 Å². The van der Waals surface area contributed by atoms with Crippen molar-refractivity contribution in [3.8, 4) is 5.75 Å². The molecule has 0 radical (unpaired) electrons. The number of hydrogen-bond acceptors (Lipinski definition) is 3. The minimum atomic E-state index is -0.357. The molecule has 19 heavy (non-hydrogen) atoms. The maximum Gasteiger partial charge on any atom is 0.259 e. The van der Waals surface area contributed by atoms with E-state index in [1.54, 1.807) is 24.3 Å². The number of phenolic OH excluding ortho intramolecular Hbond substituents is 1. The number of nitrogens with one attached hydrogen (secondary N) is 1. The Kier molecular flexibility index (Phi) is 3.42.